The topological polar surface area (TPSA) is 46.5 Å². The van der Waals surface area contributed by atoms with Crippen molar-refractivity contribution in [2.75, 3.05) is 0 Å². The Hall–Kier alpha value is -0.570. The second-order valence-corrected chi connectivity index (χ2v) is 9.80. The minimum atomic E-state index is -0.120. The summed E-state index contributed by atoms with van der Waals surface area (Å²) in [6.45, 7) is 6.43. The van der Waals surface area contributed by atoms with Crippen LogP contribution in [-0.4, -0.2) is 23.3 Å². The van der Waals surface area contributed by atoms with Gasteiger partial charge in [0.05, 0.1) is 6.10 Å². The molecule has 0 bridgehead atoms. The molecule has 3 heteroatoms. The summed E-state index contributed by atoms with van der Waals surface area (Å²) >= 11 is 0. The van der Waals surface area contributed by atoms with E-state index in [1.54, 1.807) is 0 Å². The molecule has 0 spiro atoms. The zero-order chi connectivity index (χ0) is 17.1. The molecule has 0 heterocycles. The van der Waals surface area contributed by atoms with Gasteiger partial charge in [-0.1, -0.05) is 13.8 Å². The number of aliphatic hydroxyl groups is 1. The summed E-state index contributed by atoms with van der Waals surface area (Å²) in [5.74, 6) is 2.96. The lowest BCUT2D eigenvalue weighted by Crippen LogP contribution is -2.54. The van der Waals surface area contributed by atoms with Crippen LogP contribution in [0.5, 0.6) is 0 Å². The molecule has 0 aromatic rings. The maximum atomic E-state index is 11.3. The zero-order valence-corrected chi connectivity index (χ0v) is 15.6. The SMILES string of the molecule is CC(=O)O[C@H]1CC[C@@]2(C)[C@@H](CC[C@@H]3[C@@H]2CC[C@@]2(C)[C@H](O)CC[C@@H]32)C1. The maximum Gasteiger partial charge on any atom is 0.302 e. The average molecular weight is 335 g/mol. The maximum absolute atomic E-state index is 11.3. The van der Waals surface area contributed by atoms with Gasteiger partial charge in [-0.05, 0) is 92.3 Å². The first kappa shape index (κ1) is 16.9. The predicted molar refractivity (Wildman–Crippen MR) is 93.3 cm³/mol. The van der Waals surface area contributed by atoms with E-state index in [9.17, 15) is 9.90 Å². The van der Waals surface area contributed by atoms with Gasteiger partial charge in [0, 0.05) is 6.92 Å². The molecule has 4 aliphatic carbocycles. The Kier molecular flexibility index (Phi) is 4.02. The molecule has 0 aliphatic heterocycles. The summed E-state index contributed by atoms with van der Waals surface area (Å²) in [4.78, 5) is 11.3. The molecule has 0 aromatic carbocycles. The number of aliphatic hydroxyl groups excluding tert-OH is 1. The number of fused-ring (bicyclic) bond motifs is 5. The Balaban J connectivity index is 1.53. The predicted octanol–water partition coefficient (Wildman–Crippen LogP) is 4.32. The highest BCUT2D eigenvalue weighted by Crippen LogP contribution is 2.66. The first-order valence-corrected chi connectivity index (χ1v) is 10.2. The van der Waals surface area contributed by atoms with Gasteiger partial charge in [-0.3, -0.25) is 4.79 Å². The molecule has 0 unspecified atom stereocenters. The van der Waals surface area contributed by atoms with Crippen LogP contribution in [0.2, 0.25) is 0 Å². The molecule has 0 aromatic heterocycles. The minimum absolute atomic E-state index is 0.0753. The molecular formula is C21H34O3. The Morgan fingerprint density at radius 3 is 2.42 bits per heavy atom. The molecule has 136 valence electrons. The number of hydrogen-bond donors (Lipinski definition) is 1. The van der Waals surface area contributed by atoms with E-state index in [-0.39, 0.29) is 23.6 Å². The van der Waals surface area contributed by atoms with Gasteiger partial charge >= 0.3 is 5.97 Å². The van der Waals surface area contributed by atoms with Crippen molar-refractivity contribution in [3.05, 3.63) is 0 Å². The van der Waals surface area contributed by atoms with E-state index in [0.717, 1.165) is 37.0 Å². The third-order valence-corrected chi connectivity index (χ3v) is 8.90. The summed E-state index contributed by atoms with van der Waals surface area (Å²) in [5.41, 5.74) is 0.605. The first-order chi connectivity index (χ1) is 11.3. The van der Waals surface area contributed by atoms with Crippen LogP contribution >= 0.6 is 0 Å². The number of esters is 1. The van der Waals surface area contributed by atoms with Crippen LogP contribution in [0.25, 0.3) is 0 Å². The average Bonchev–Trinajstić information content (AvgIpc) is 2.83. The van der Waals surface area contributed by atoms with E-state index in [2.05, 4.69) is 13.8 Å². The van der Waals surface area contributed by atoms with Gasteiger partial charge in [0.1, 0.15) is 6.10 Å². The highest BCUT2D eigenvalue weighted by Gasteiger charge is 2.60. The highest BCUT2D eigenvalue weighted by atomic mass is 16.5. The quantitative estimate of drug-likeness (QED) is 0.726. The minimum Gasteiger partial charge on any atom is -0.463 e. The summed E-state index contributed by atoms with van der Waals surface area (Å²) in [6.07, 6.45) is 10.8. The van der Waals surface area contributed by atoms with Crippen LogP contribution in [0.1, 0.15) is 78.6 Å². The van der Waals surface area contributed by atoms with Crippen molar-refractivity contribution < 1.29 is 14.6 Å². The molecule has 0 radical (unpaired) electrons. The molecular weight excluding hydrogens is 300 g/mol. The van der Waals surface area contributed by atoms with Crippen LogP contribution in [0.3, 0.4) is 0 Å². The second kappa shape index (κ2) is 5.72. The van der Waals surface area contributed by atoms with Crippen molar-refractivity contribution in [2.24, 2.45) is 34.5 Å². The van der Waals surface area contributed by atoms with Gasteiger partial charge in [0.25, 0.3) is 0 Å². The Morgan fingerprint density at radius 1 is 0.958 bits per heavy atom. The fourth-order valence-corrected chi connectivity index (χ4v) is 7.53. The molecule has 0 amide bonds. The number of carbonyl (C=O) groups excluding carboxylic acids is 1. The molecule has 1 N–H and O–H groups in total. The number of rotatable bonds is 1. The third-order valence-electron chi connectivity index (χ3n) is 8.90. The van der Waals surface area contributed by atoms with Gasteiger partial charge in [-0.2, -0.15) is 0 Å². The van der Waals surface area contributed by atoms with Gasteiger partial charge < -0.3 is 9.84 Å². The van der Waals surface area contributed by atoms with Crippen LogP contribution in [-0.2, 0) is 9.53 Å². The van der Waals surface area contributed by atoms with E-state index in [1.165, 1.54) is 45.4 Å². The van der Waals surface area contributed by atoms with Crippen molar-refractivity contribution in [2.45, 2.75) is 90.8 Å². The molecule has 3 nitrogen and oxygen atoms in total. The monoisotopic (exact) mass is 334 g/mol. The molecule has 4 rings (SSSR count). The lowest BCUT2D eigenvalue weighted by atomic mass is 9.45. The number of carbonyl (C=O) groups is 1. The third kappa shape index (κ3) is 2.37. The van der Waals surface area contributed by atoms with E-state index in [1.807, 2.05) is 0 Å². The number of hydrogen-bond acceptors (Lipinski definition) is 3. The second-order valence-electron chi connectivity index (χ2n) is 9.80. The molecule has 8 atom stereocenters. The summed E-state index contributed by atoms with van der Waals surface area (Å²) < 4.78 is 5.55. The van der Waals surface area contributed by atoms with Crippen LogP contribution in [0.4, 0.5) is 0 Å². The summed E-state index contributed by atoms with van der Waals surface area (Å²) in [7, 11) is 0. The van der Waals surface area contributed by atoms with Crippen molar-refractivity contribution in [3.8, 4) is 0 Å². The standard InChI is InChI=1S/C21H34O3/c1-13(22)24-15-8-10-20(2)14(12-15)4-5-16-17-6-7-19(23)21(17,3)11-9-18(16)20/h14-19,23H,4-12H2,1-3H3/t14-,15-,16-,17-,18-,19+,20-,21+/m0/s1. The molecule has 4 fully saturated rings. The van der Waals surface area contributed by atoms with Gasteiger partial charge in [-0.25, -0.2) is 0 Å². The molecule has 24 heavy (non-hydrogen) atoms. The van der Waals surface area contributed by atoms with Crippen LogP contribution in [0, 0.1) is 34.5 Å². The molecule has 4 saturated carbocycles. The van der Waals surface area contributed by atoms with E-state index < -0.39 is 0 Å². The van der Waals surface area contributed by atoms with Gasteiger partial charge in [0.15, 0.2) is 0 Å². The van der Waals surface area contributed by atoms with Gasteiger partial charge in [-0.15, -0.1) is 0 Å². The first-order valence-electron chi connectivity index (χ1n) is 10.2. The largest absolute Gasteiger partial charge is 0.463 e. The van der Waals surface area contributed by atoms with E-state index in [0.29, 0.717) is 11.3 Å². The lowest BCUT2D eigenvalue weighted by Gasteiger charge is -2.60. The lowest BCUT2D eigenvalue weighted by molar-refractivity contribution is -0.161. The Morgan fingerprint density at radius 2 is 1.67 bits per heavy atom. The smallest absolute Gasteiger partial charge is 0.302 e. The van der Waals surface area contributed by atoms with E-state index >= 15 is 0 Å². The molecule has 4 aliphatic rings. The highest BCUT2D eigenvalue weighted by molar-refractivity contribution is 5.66. The van der Waals surface area contributed by atoms with Crippen molar-refractivity contribution >= 4 is 5.97 Å². The summed E-state index contributed by atoms with van der Waals surface area (Å²) in [6, 6.07) is 0. The van der Waals surface area contributed by atoms with E-state index in [4.69, 9.17) is 4.74 Å². The molecule has 0 saturated heterocycles. The number of ether oxygens (including phenoxy) is 1. The summed E-state index contributed by atoms with van der Waals surface area (Å²) in [5, 5.41) is 10.5. The fourth-order valence-electron chi connectivity index (χ4n) is 7.53. The van der Waals surface area contributed by atoms with Crippen molar-refractivity contribution in [3.63, 3.8) is 0 Å². The van der Waals surface area contributed by atoms with Crippen LogP contribution < -0.4 is 0 Å². The van der Waals surface area contributed by atoms with Gasteiger partial charge in [0.2, 0.25) is 0 Å². The fraction of sp³-hybridized carbons (Fsp3) is 0.952. The Bertz CT molecular complexity index is 517. The van der Waals surface area contributed by atoms with Crippen LogP contribution in [0.15, 0.2) is 0 Å². The zero-order valence-electron chi connectivity index (χ0n) is 15.6. The van der Waals surface area contributed by atoms with Crippen molar-refractivity contribution in [1.29, 1.82) is 0 Å². The normalized spacial score (nSPS) is 53.7. The van der Waals surface area contributed by atoms with Crippen molar-refractivity contribution in [1.82, 2.24) is 0 Å². The Labute approximate surface area is 146 Å².